The van der Waals surface area contributed by atoms with Crippen molar-refractivity contribution in [2.45, 2.75) is 11.1 Å². The summed E-state index contributed by atoms with van der Waals surface area (Å²) in [7, 11) is 0. The van der Waals surface area contributed by atoms with Crippen LogP contribution in [0.25, 0.3) is 0 Å². The number of rotatable bonds is 7. The number of hydrogen-bond acceptors (Lipinski definition) is 4. The highest BCUT2D eigenvalue weighted by atomic mass is 32.2. The minimum Gasteiger partial charge on any atom is -0.332 e. The van der Waals surface area contributed by atoms with Crippen molar-refractivity contribution in [3.8, 4) is 0 Å². The van der Waals surface area contributed by atoms with Crippen LogP contribution in [-0.2, 0) is 5.75 Å². The monoisotopic (exact) mass is 367 g/mol. The van der Waals surface area contributed by atoms with Crippen molar-refractivity contribution >= 4 is 34.8 Å². The Hall–Kier alpha value is -2.37. The van der Waals surface area contributed by atoms with E-state index in [9.17, 15) is 9.59 Å². The zero-order valence-electron chi connectivity index (χ0n) is 13.4. The van der Waals surface area contributed by atoms with E-state index in [2.05, 4.69) is 5.32 Å². The van der Waals surface area contributed by atoms with Crippen LogP contribution in [0.1, 0.15) is 25.6 Å². The maximum Gasteiger partial charge on any atom is 0.262 e. The lowest BCUT2D eigenvalue weighted by molar-refractivity contribution is 0.0894. The summed E-state index contributed by atoms with van der Waals surface area (Å²) in [6.45, 7) is 0. The Morgan fingerprint density at radius 1 is 0.920 bits per heavy atom. The summed E-state index contributed by atoms with van der Waals surface area (Å²) >= 11 is 2.79. The summed E-state index contributed by atoms with van der Waals surface area (Å²) in [5, 5.41) is 4.09. The molecule has 3 aromatic rings. The molecule has 1 heterocycles. The minimum atomic E-state index is -0.628. The maximum absolute atomic E-state index is 12.8. The van der Waals surface area contributed by atoms with Gasteiger partial charge in [-0.25, -0.2) is 0 Å². The predicted octanol–water partition coefficient (Wildman–Crippen LogP) is 4.62. The van der Waals surface area contributed by atoms with Crippen molar-refractivity contribution in [2.24, 2.45) is 0 Å². The second kappa shape index (κ2) is 8.65. The van der Waals surface area contributed by atoms with Crippen LogP contribution in [0, 0.1) is 0 Å². The van der Waals surface area contributed by atoms with Gasteiger partial charge in [0, 0.05) is 11.3 Å². The number of amides is 1. The molecule has 0 bridgehead atoms. The molecule has 0 aliphatic rings. The van der Waals surface area contributed by atoms with Crippen LogP contribution >= 0.6 is 23.1 Å². The highest BCUT2D eigenvalue weighted by Gasteiger charge is 2.23. The molecule has 0 radical (unpaired) electrons. The van der Waals surface area contributed by atoms with Gasteiger partial charge in [-0.2, -0.15) is 0 Å². The highest BCUT2D eigenvalue weighted by molar-refractivity contribution is 7.99. The quantitative estimate of drug-likeness (QED) is 0.489. The lowest BCUT2D eigenvalue weighted by Gasteiger charge is -2.17. The summed E-state index contributed by atoms with van der Waals surface area (Å²) in [6.07, 6.45) is 0. The van der Waals surface area contributed by atoms with Crippen molar-refractivity contribution in [1.29, 1.82) is 0 Å². The van der Waals surface area contributed by atoms with Crippen molar-refractivity contribution < 1.29 is 9.59 Å². The van der Waals surface area contributed by atoms with Crippen LogP contribution in [0.2, 0.25) is 0 Å². The predicted molar refractivity (Wildman–Crippen MR) is 104 cm³/mol. The SMILES string of the molecule is O=C(N[C@@H](SCc1ccccc1)C(=O)c1ccccc1)c1cccs1. The van der Waals surface area contributed by atoms with E-state index in [1.165, 1.54) is 23.1 Å². The summed E-state index contributed by atoms with van der Waals surface area (Å²) in [6, 6.07) is 22.6. The lowest BCUT2D eigenvalue weighted by atomic mass is 10.1. The molecule has 0 saturated heterocycles. The Labute approximate surface area is 155 Å². The summed E-state index contributed by atoms with van der Waals surface area (Å²) in [5.74, 6) is 0.339. The second-order valence-electron chi connectivity index (χ2n) is 5.36. The van der Waals surface area contributed by atoms with Gasteiger partial charge in [0.2, 0.25) is 0 Å². The average Bonchev–Trinajstić information content (AvgIpc) is 3.21. The van der Waals surface area contributed by atoms with Gasteiger partial charge in [-0.3, -0.25) is 9.59 Å². The first-order valence-electron chi connectivity index (χ1n) is 7.83. The Balaban J connectivity index is 1.75. The van der Waals surface area contributed by atoms with E-state index in [1.54, 1.807) is 18.2 Å². The zero-order valence-corrected chi connectivity index (χ0v) is 15.1. The van der Waals surface area contributed by atoms with Gasteiger partial charge < -0.3 is 5.32 Å². The minimum absolute atomic E-state index is 0.0913. The van der Waals surface area contributed by atoms with E-state index in [0.29, 0.717) is 16.2 Å². The standard InChI is InChI=1S/C20H17NO2S2/c22-18(16-10-5-2-6-11-16)20(21-19(23)17-12-7-13-24-17)25-14-15-8-3-1-4-9-15/h1-13,20H,14H2,(H,21,23)/t20-/m0/s1. The van der Waals surface area contributed by atoms with Crippen LogP contribution in [0.3, 0.4) is 0 Å². The molecule has 1 atom stereocenters. The Morgan fingerprint density at radius 3 is 2.24 bits per heavy atom. The molecule has 0 fully saturated rings. The molecule has 126 valence electrons. The highest BCUT2D eigenvalue weighted by Crippen LogP contribution is 2.21. The molecule has 0 spiro atoms. The molecule has 1 N–H and O–H groups in total. The van der Waals surface area contributed by atoms with Crippen molar-refractivity contribution in [3.05, 3.63) is 94.2 Å². The molecule has 3 nitrogen and oxygen atoms in total. The van der Waals surface area contributed by atoms with Gasteiger partial charge in [-0.05, 0) is 17.0 Å². The van der Waals surface area contributed by atoms with Crippen molar-refractivity contribution in [3.63, 3.8) is 0 Å². The number of thiophene rings is 1. The number of benzene rings is 2. The Kier molecular flexibility index (Phi) is 6.04. The van der Waals surface area contributed by atoms with Crippen LogP contribution < -0.4 is 5.32 Å². The molecule has 2 aromatic carbocycles. The van der Waals surface area contributed by atoms with Gasteiger partial charge in [0.1, 0.15) is 5.37 Å². The molecule has 1 amide bonds. The molecule has 0 unspecified atom stereocenters. The van der Waals surface area contributed by atoms with E-state index in [4.69, 9.17) is 0 Å². The van der Waals surface area contributed by atoms with Gasteiger partial charge in [0.15, 0.2) is 5.78 Å². The number of carbonyl (C=O) groups is 2. The van der Waals surface area contributed by atoms with E-state index in [-0.39, 0.29) is 11.7 Å². The van der Waals surface area contributed by atoms with E-state index < -0.39 is 5.37 Å². The molecule has 0 saturated carbocycles. The van der Waals surface area contributed by atoms with Gasteiger partial charge in [-0.15, -0.1) is 23.1 Å². The molecule has 25 heavy (non-hydrogen) atoms. The molecular weight excluding hydrogens is 350 g/mol. The first-order valence-corrected chi connectivity index (χ1v) is 9.76. The molecule has 0 aliphatic heterocycles. The molecule has 0 aliphatic carbocycles. The van der Waals surface area contributed by atoms with Crippen LogP contribution in [0.5, 0.6) is 0 Å². The van der Waals surface area contributed by atoms with Gasteiger partial charge in [0.05, 0.1) is 4.88 Å². The molecular formula is C20H17NO2S2. The smallest absolute Gasteiger partial charge is 0.262 e. The summed E-state index contributed by atoms with van der Waals surface area (Å²) in [4.78, 5) is 25.8. The average molecular weight is 367 g/mol. The number of carbonyl (C=O) groups excluding carboxylic acids is 2. The molecule has 3 rings (SSSR count). The normalized spacial score (nSPS) is 11.7. The first kappa shape index (κ1) is 17.5. The summed E-state index contributed by atoms with van der Waals surface area (Å²) < 4.78 is 0. The largest absolute Gasteiger partial charge is 0.332 e. The van der Waals surface area contributed by atoms with Crippen LogP contribution in [0.15, 0.2) is 78.2 Å². The van der Waals surface area contributed by atoms with Gasteiger partial charge >= 0.3 is 0 Å². The number of ketones is 1. The van der Waals surface area contributed by atoms with Gasteiger partial charge in [0.25, 0.3) is 5.91 Å². The molecule has 1 aromatic heterocycles. The van der Waals surface area contributed by atoms with Crippen molar-refractivity contribution in [2.75, 3.05) is 0 Å². The maximum atomic E-state index is 12.8. The number of hydrogen-bond donors (Lipinski definition) is 1. The summed E-state index contributed by atoms with van der Waals surface area (Å²) in [5.41, 5.74) is 1.71. The third-order valence-corrected chi connectivity index (χ3v) is 5.60. The Bertz CT molecular complexity index is 817. The van der Waals surface area contributed by atoms with E-state index >= 15 is 0 Å². The first-order chi connectivity index (χ1) is 12.2. The lowest BCUT2D eigenvalue weighted by Crippen LogP contribution is -2.38. The van der Waals surface area contributed by atoms with Crippen LogP contribution in [0.4, 0.5) is 0 Å². The van der Waals surface area contributed by atoms with E-state index in [0.717, 1.165) is 5.56 Å². The fraction of sp³-hybridized carbons (Fsp3) is 0.100. The second-order valence-corrected chi connectivity index (χ2v) is 7.40. The fourth-order valence-electron chi connectivity index (χ4n) is 2.29. The number of Topliss-reactive ketones (excluding diaryl/α,β-unsaturated/α-hetero) is 1. The zero-order chi connectivity index (χ0) is 17.5. The Morgan fingerprint density at radius 2 is 1.60 bits per heavy atom. The van der Waals surface area contributed by atoms with E-state index in [1.807, 2.05) is 60.0 Å². The van der Waals surface area contributed by atoms with Crippen molar-refractivity contribution in [1.82, 2.24) is 5.32 Å². The number of nitrogens with one attached hydrogen (secondary N) is 1. The molecule has 5 heteroatoms. The third kappa shape index (κ3) is 4.81. The van der Waals surface area contributed by atoms with Gasteiger partial charge in [-0.1, -0.05) is 66.7 Å². The topological polar surface area (TPSA) is 46.2 Å². The number of thioether (sulfide) groups is 1. The fourth-order valence-corrected chi connectivity index (χ4v) is 3.94. The van der Waals surface area contributed by atoms with Crippen LogP contribution in [-0.4, -0.2) is 17.1 Å². The third-order valence-electron chi connectivity index (χ3n) is 3.56.